The van der Waals surface area contributed by atoms with Crippen LogP contribution in [-0.4, -0.2) is 49.9 Å². The number of imidazole rings is 1. The predicted octanol–water partition coefficient (Wildman–Crippen LogP) is 3.22. The minimum absolute atomic E-state index is 0.0114. The van der Waals surface area contributed by atoms with E-state index in [0.29, 0.717) is 37.6 Å². The molecule has 1 aromatic heterocycles. The van der Waals surface area contributed by atoms with Crippen molar-refractivity contribution in [2.75, 3.05) is 39.4 Å². The van der Waals surface area contributed by atoms with Crippen molar-refractivity contribution in [3.63, 3.8) is 0 Å². The van der Waals surface area contributed by atoms with Crippen molar-refractivity contribution in [3.8, 4) is 11.5 Å². The lowest BCUT2D eigenvalue weighted by molar-refractivity contribution is -0.117. The molecule has 0 bridgehead atoms. The summed E-state index contributed by atoms with van der Waals surface area (Å²) in [6, 6.07) is 13.5. The Bertz CT molecular complexity index is 1030. The number of aromatic nitrogens is 2. The molecule has 152 valence electrons. The van der Waals surface area contributed by atoms with E-state index < -0.39 is 0 Å². The largest absolute Gasteiger partial charge is 0.497 e. The maximum atomic E-state index is 12.9. The fourth-order valence-electron chi connectivity index (χ4n) is 3.94. The van der Waals surface area contributed by atoms with Crippen LogP contribution in [0.5, 0.6) is 11.5 Å². The molecule has 1 fully saturated rings. The molecule has 4 rings (SSSR count). The van der Waals surface area contributed by atoms with E-state index in [1.54, 1.807) is 26.2 Å². The second kappa shape index (κ2) is 8.13. The third-order valence-corrected chi connectivity index (χ3v) is 5.37. The van der Waals surface area contributed by atoms with E-state index in [1.807, 2.05) is 36.4 Å². The lowest BCUT2D eigenvalue weighted by Crippen LogP contribution is -2.25. The first-order valence-corrected chi connectivity index (χ1v) is 9.62. The molecule has 29 heavy (non-hydrogen) atoms. The van der Waals surface area contributed by atoms with E-state index in [9.17, 15) is 4.79 Å². The number of hydrogen-bond acceptors (Lipinski definition) is 5. The number of nitrogens with zero attached hydrogens (tertiary/aromatic N) is 3. The second-order valence-electron chi connectivity index (χ2n) is 7.05. The number of fused-ring (bicyclic) bond motifs is 1. The average Bonchev–Trinajstić information content (AvgIpc) is 3.32. The highest BCUT2D eigenvalue weighted by atomic mass is 16.5. The molecule has 0 radical (unpaired) electrons. The molecule has 0 saturated carbocycles. The van der Waals surface area contributed by atoms with Gasteiger partial charge in [-0.3, -0.25) is 4.79 Å². The summed E-state index contributed by atoms with van der Waals surface area (Å²) in [7, 11) is 4.90. The minimum atomic E-state index is -0.0114. The van der Waals surface area contributed by atoms with Crippen LogP contribution in [0.15, 0.2) is 42.5 Å². The van der Waals surface area contributed by atoms with Gasteiger partial charge in [0.1, 0.15) is 17.3 Å². The maximum absolute atomic E-state index is 12.9. The number of ether oxygens (including phenoxy) is 3. The Morgan fingerprint density at radius 2 is 1.93 bits per heavy atom. The molecule has 7 heteroatoms. The number of hydrogen-bond donors (Lipinski definition) is 0. The van der Waals surface area contributed by atoms with Crippen LogP contribution in [0, 0.1) is 0 Å². The Hall–Kier alpha value is -3.06. The summed E-state index contributed by atoms with van der Waals surface area (Å²) < 4.78 is 18.3. The SMILES string of the molecule is COCCn1c([C@@H]2CC(=O)N(c3cc(OC)ccc3OC)C2)nc2ccccc21. The van der Waals surface area contributed by atoms with Crippen LogP contribution >= 0.6 is 0 Å². The van der Waals surface area contributed by atoms with Gasteiger partial charge in [-0.1, -0.05) is 12.1 Å². The summed E-state index contributed by atoms with van der Waals surface area (Å²) in [6.07, 6.45) is 0.399. The molecule has 1 atom stereocenters. The molecule has 2 aromatic carbocycles. The minimum Gasteiger partial charge on any atom is -0.497 e. The monoisotopic (exact) mass is 395 g/mol. The van der Waals surface area contributed by atoms with Gasteiger partial charge in [-0.05, 0) is 24.3 Å². The highest BCUT2D eigenvalue weighted by molar-refractivity contribution is 5.98. The topological polar surface area (TPSA) is 65.8 Å². The van der Waals surface area contributed by atoms with Gasteiger partial charge in [0.25, 0.3) is 0 Å². The first-order chi connectivity index (χ1) is 14.2. The molecular weight excluding hydrogens is 370 g/mol. The van der Waals surface area contributed by atoms with Gasteiger partial charge in [0.2, 0.25) is 5.91 Å². The van der Waals surface area contributed by atoms with Gasteiger partial charge in [0.15, 0.2) is 0 Å². The molecule has 0 N–H and O–H groups in total. The number of anilines is 1. The van der Waals surface area contributed by atoms with Crippen LogP contribution < -0.4 is 14.4 Å². The first kappa shape index (κ1) is 19.3. The van der Waals surface area contributed by atoms with Gasteiger partial charge in [-0.15, -0.1) is 0 Å². The number of carbonyl (C=O) groups is 1. The Balaban J connectivity index is 1.70. The molecule has 0 aliphatic carbocycles. The average molecular weight is 395 g/mol. The van der Waals surface area contributed by atoms with Crippen molar-refractivity contribution in [1.82, 2.24) is 9.55 Å². The van der Waals surface area contributed by atoms with E-state index >= 15 is 0 Å². The molecule has 0 spiro atoms. The summed E-state index contributed by atoms with van der Waals surface area (Å²) in [6.45, 7) is 1.82. The number of para-hydroxylation sites is 2. The van der Waals surface area contributed by atoms with Gasteiger partial charge in [-0.2, -0.15) is 0 Å². The molecule has 1 aliphatic rings. The van der Waals surface area contributed by atoms with Crippen molar-refractivity contribution in [3.05, 3.63) is 48.3 Å². The third-order valence-electron chi connectivity index (χ3n) is 5.37. The molecule has 2 heterocycles. The lowest BCUT2D eigenvalue weighted by atomic mass is 10.1. The molecule has 0 unspecified atom stereocenters. The summed E-state index contributed by atoms with van der Waals surface area (Å²) in [5, 5.41) is 0. The zero-order valence-electron chi connectivity index (χ0n) is 16.9. The number of benzene rings is 2. The van der Waals surface area contributed by atoms with Gasteiger partial charge in [-0.25, -0.2) is 4.98 Å². The molecule has 3 aromatic rings. The zero-order chi connectivity index (χ0) is 20.4. The van der Waals surface area contributed by atoms with E-state index in [2.05, 4.69) is 10.6 Å². The molecular formula is C22H25N3O4. The highest BCUT2D eigenvalue weighted by Gasteiger charge is 2.36. The van der Waals surface area contributed by atoms with Crippen LogP contribution in [0.3, 0.4) is 0 Å². The van der Waals surface area contributed by atoms with E-state index in [4.69, 9.17) is 19.2 Å². The maximum Gasteiger partial charge on any atom is 0.227 e. The Morgan fingerprint density at radius 1 is 1.10 bits per heavy atom. The Kier molecular flexibility index (Phi) is 5.40. The van der Waals surface area contributed by atoms with Crippen LogP contribution in [0.4, 0.5) is 5.69 Å². The number of carbonyl (C=O) groups excluding carboxylic acids is 1. The summed E-state index contributed by atoms with van der Waals surface area (Å²) in [4.78, 5) is 19.6. The van der Waals surface area contributed by atoms with Crippen molar-refractivity contribution < 1.29 is 19.0 Å². The number of amides is 1. The fourth-order valence-corrected chi connectivity index (χ4v) is 3.94. The van der Waals surface area contributed by atoms with Gasteiger partial charge >= 0.3 is 0 Å². The molecule has 1 saturated heterocycles. The van der Waals surface area contributed by atoms with Crippen LogP contribution in [0.2, 0.25) is 0 Å². The van der Waals surface area contributed by atoms with Crippen molar-refractivity contribution in [1.29, 1.82) is 0 Å². The molecule has 1 amide bonds. The van der Waals surface area contributed by atoms with Crippen molar-refractivity contribution in [2.24, 2.45) is 0 Å². The highest BCUT2D eigenvalue weighted by Crippen LogP contribution is 2.39. The molecule has 7 nitrogen and oxygen atoms in total. The second-order valence-corrected chi connectivity index (χ2v) is 7.05. The van der Waals surface area contributed by atoms with Crippen LogP contribution in [-0.2, 0) is 16.1 Å². The number of rotatable bonds is 7. The predicted molar refractivity (Wildman–Crippen MR) is 111 cm³/mol. The lowest BCUT2D eigenvalue weighted by Gasteiger charge is -2.20. The van der Waals surface area contributed by atoms with Crippen LogP contribution in [0.1, 0.15) is 18.2 Å². The van der Waals surface area contributed by atoms with E-state index in [1.165, 1.54) is 0 Å². The van der Waals surface area contributed by atoms with Crippen molar-refractivity contribution in [2.45, 2.75) is 18.9 Å². The zero-order valence-corrected chi connectivity index (χ0v) is 16.9. The van der Waals surface area contributed by atoms with E-state index in [0.717, 1.165) is 22.5 Å². The summed E-state index contributed by atoms with van der Waals surface area (Å²) >= 11 is 0. The van der Waals surface area contributed by atoms with Gasteiger partial charge < -0.3 is 23.7 Å². The number of methoxy groups -OCH3 is 3. The smallest absolute Gasteiger partial charge is 0.227 e. The quantitative estimate of drug-likeness (QED) is 0.615. The summed E-state index contributed by atoms with van der Waals surface area (Å²) in [5.74, 6) is 2.28. The van der Waals surface area contributed by atoms with E-state index in [-0.39, 0.29) is 11.8 Å². The Labute approximate surface area is 169 Å². The standard InChI is InChI=1S/C22H25N3O4/c1-27-11-10-24-18-7-5-4-6-17(18)23-22(24)15-12-21(26)25(14-15)19-13-16(28-2)8-9-20(19)29-3/h4-9,13,15H,10-12,14H2,1-3H3/t15-/m1/s1. The summed E-state index contributed by atoms with van der Waals surface area (Å²) in [5.41, 5.74) is 2.71. The third kappa shape index (κ3) is 3.53. The van der Waals surface area contributed by atoms with Gasteiger partial charge in [0.05, 0.1) is 37.5 Å². The van der Waals surface area contributed by atoms with Crippen molar-refractivity contribution >= 4 is 22.6 Å². The fraction of sp³-hybridized carbons (Fsp3) is 0.364. The van der Waals surface area contributed by atoms with Crippen LogP contribution in [0.25, 0.3) is 11.0 Å². The Morgan fingerprint density at radius 3 is 2.69 bits per heavy atom. The molecule has 1 aliphatic heterocycles. The van der Waals surface area contributed by atoms with Gasteiger partial charge in [0, 0.05) is 38.6 Å². The first-order valence-electron chi connectivity index (χ1n) is 9.62. The normalized spacial score (nSPS) is 16.6.